The molecule has 0 atom stereocenters. The molecule has 0 bridgehead atoms. The van der Waals surface area contributed by atoms with Crippen LogP contribution in [0.5, 0.6) is 11.5 Å². The van der Waals surface area contributed by atoms with Crippen molar-refractivity contribution in [2.75, 3.05) is 20.2 Å². The number of amides is 1. The molecule has 0 aliphatic heterocycles. The quantitative estimate of drug-likeness (QED) is 0.577. The van der Waals surface area contributed by atoms with Crippen LogP contribution >= 0.6 is 23.2 Å². The number of benzene rings is 2. The number of carbonyl (C=O) groups excluding carboxylic acids is 1. The third-order valence-electron chi connectivity index (χ3n) is 4.40. The molecule has 0 heterocycles. The van der Waals surface area contributed by atoms with Gasteiger partial charge in [-0.25, -0.2) is 0 Å². The highest BCUT2D eigenvalue weighted by Gasteiger charge is 2.14. The number of phenols is 1. The van der Waals surface area contributed by atoms with Gasteiger partial charge < -0.3 is 14.7 Å². The first-order valence-corrected chi connectivity index (χ1v) is 9.75. The maximum absolute atomic E-state index is 12.0. The zero-order chi connectivity index (χ0) is 20.8. The molecular weight excluding hydrogens is 397 g/mol. The molecule has 150 valence electrons. The maximum atomic E-state index is 12.0. The Morgan fingerprint density at radius 1 is 1.25 bits per heavy atom. The SMILES string of the molecule is C=CCN(C)C(=O)COc1cc(Cl)c(Cc2ccc(O)c(C(C)C)c2)c(Cl)c1. The minimum atomic E-state index is -0.165. The fourth-order valence-corrected chi connectivity index (χ4v) is 3.36. The predicted octanol–water partition coefficient (Wildman–Crippen LogP) is 5.44. The molecule has 0 saturated carbocycles. The van der Waals surface area contributed by atoms with Crippen molar-refractivity contribution in [1.82, 2.24) is 4.90 Å². The highest BCUT2D eigenvalue weighted by molar-refractivity contribution is 6.36. The van der Waals surface area contributed by atoms with Crippen LogP contribution in [0.1, 0.15) is 36.5 Å². The fraction of sp³-hybridized carbons (Fsp3) is 0.318. The van der Waals surface area contributed by atoms with Crippen molar-refractivity contribution >= 4 is 29.1 Å². The van der Waals surface area contributed by atoms with Gasteiger partial charge in [0.2, 0.25) is 0 Å². The van der Waals surface area contributed by atoms with Gasteiger partial charge in [-0.05, 0) is 40.8 Å². The highest BCUT2D eigenvalue weighted by Crippen LogP contribution is 2.34. The van der Waals surface area contributed by atoms with Gasteiger partial charge in [0, 0.05) is 30.1 Å². The number of hydrogen-bond donors (Lipinski definition) is 1. The number of ether oxygens (including phenoxy) is 1. The lowest BCUT2D eigenvalue weighted by molar-refractivity contribution is -0.131. The fourth-order valence-electron chi connectivity index (χ4n) is 2.76. The van der Waals surface area contributed by atoms with E-state index in [0.717, 1.165) is 16.7 Å². The number of aromatic hydroxyl groups is 1. The van der Waals surface area contributed by atoms with Crippen LogP contribution < -0.4 is 4.74 Å². The standard InChI is InChI=1S/C22H25Cl2NO3/c1-5-8-25(4)22(27)13-28-16-11-19(23)18(20(24)12-16)10-15-6-7-21(26)17(9-15)14(2)3/h5-7,9,11-12,14,26H,1,8,10,13H2,2-4H3. The van der Waals surface area contributed by atoms with Crippen molar-refractivity contribution in [3.8, 4) is 11.5 Å². The van der Waals surface area contributed by atoms with Gasteiger partial charge in [0.1, 0.15) is 11.5 Å². The van der Waals surface area contributed by atoms with Crippen molar-refractivity contribution in [1.29, 1.82) is 0 Å². The first-order valence-electron chi connectivity index (χ1n) is 9.00. The van der Waals surface area contributed by atoms with Crippen LogP contribution in [0.2, 0.25) is 10.0 Å². The number of rotatable bonds is 8. The minimum absolute atomic E-state index is 0.105. The number of nitrogens with zero attached hydrogens (tertiary/aromatic N) is 1. The van der Waals surface area contributed by atoms with Gasteiger partial charge in [-0.2, -0.15) is 0 Å². The van der Waals surface area contributed by atoms with Crippen molar-refractivity contribution < 1.29 is 14.6 Å². The Morgan fingerprint density at radius 2 is 1.89 bits per heavy atom. The van der Waals surface area contributed by atoms with Crippen LogP contribution in [0.4, 0.5) is 0 Å². The summed E-state index contributed by atoms with van der Waals surface area (Å²) >= 11 is 12.8. The van der Waals surface area contributed by atoms with Gasteiger partial charge in [0.15, 0.2) is 6.61 Å². The van der Waals surface area contributed by atoms with E-state index in [1.54, 1.807) is 31.3 Å². The number of hydrogen-bond acceptors (Lipinski definition) is 3. The van der Waals surface area contributed by atoms with E-state index in [-0.39, 0.29) is 24.2 Å². The molecule has 0 fully saturated rings. The van der Waals surface area contributed by atoms with E-state index >= 15 is 0 Å². The Bertz CT molecular complexity index is 842. The summed E-state index contributed by atoms with van der Waals surface area (Å²) in [5, 5.41) is 10.9. The molecule has 2 aromatic carbocycles. The van der Waals surface area contributed by atoms with Gasteiger partial charge in [0.25, 0.3) is 5.91 Å². The van der Waals surface area contributed by atoms with E-state index in [2.05, 4.69) is 6.58 Å². The van der Waals surface area contributed by atoms with Crippen LogP contribution in [0.3, 0.4) is 0 Å². The molecule has 0 aromatic heterocycles. The van der Waals surface area contributed by atoms with Gasteiger partial charge in [-0.3, -0.25) is 4.79 Å². The smallest absolute Gasteiger partial charge is 0.260 e. The number of phenolic OH excluding ortho intramolecular Hbond substituents is 1. The molecule has 2 rings (SSSR count). The molecule has 0 saturated heterocycles. The predicted molar refractivity (Wildman–Crippen MR) is 115 cm³/mol. The van der Waals surface area contributed by atoms with E-state index in [9.17, 15) is 9.90 Å². The third-order valence-corrected chi connectivity index (χ3v) is 5.07. The second-order valence-electron chi connectivity index (χ2n) is 6.94. The summed E-state index contributed by atoms with van der Waals surface area (Å²) in [7, 11) is 1.68. The summed E-state index contributed by atoms with van der Waals surface area (Å²) in [6, 6.07) is 8.83. The summed E-state index contributed by atoms with van der Waals surface area (Å²) in [4.78, 5) is 13.5. The van der Waals surface area contributed by atoms with E-state index < -0.39 is 0 Å². The first kappa shape index (κ1) is 22.1. The van der Waals surface area contributed by atoms with Crippen LogP contribution in [-0.4, -0.2) is 36.1 Å². The van der Waals surface area contributed by atoms with Crippen molar-refractivity contribution in [2.45, 2.75) is 26.2 Å². The average Bonchev–Trinajstić information content (AvgIpc) is 2.63. The largest absolute Gasteiger partial charge is 0.508 e. The summed E-state index contributed by atoms with van der Waals surface area (Å²) in [5.74, 6) is 0.762. The molecule has 28 heavy (non-hydrogen) atoms. The van der Waals surface area contributed by atoms with E-state index in [1.807, 2.05) is 26.0 Å². The van der Waals surface area contributed by atoms with Crippen LogP contribution in [0, 0.1) is 0 Å². The minimum Gasteiger partial charge on any atom is -0.508 e. The lowest BCUT2D eigenvalue weighted by Crippen LogP contribution is -2.31. The Balaban J connectivity index is 2.15. The Hall–Kier alpha value is -2.17. The van der Waals surface area contributed by atoms with Crippen LogP contribution in [0.25, 0.3) is 0 Å². The van der Waals surface area contributed by atoms with Crippen molar-refractivity contribution in [3.63, 3.8) is 0 Å². The Labute approximate surface area is 176 Å². The zero-order valence-electron chi connectivity index (χ0n) is 16.3. The molecule has 0 radical (unpaired) electrons. The highest BCUT2D eigenvalue weighted by atomic mass is 35.5. The van der Waals surface area contributed by atoms with Gasteiger partial charge in [-0.1, -0.05) is 55.3 Å². The zero-order valence-corrected chi connectivity index (χ0v) is 17.8. The molecule has 4 nitrogen and oxygen atoms in total. The first-order chi connectivity index (χ1) is 13.2. The Morgan fingerprint density at radius 3 is 2.46 bits per heavy atom. The second-order valence-corrected chi connectivity index (χ2v) is 7.76. The monoisotopic (exact) mass is 421 g/mol. The van der Waals surface area contributed by atoms with Crippen LogP contribution in [0.15, 0.2) is 43.0 Å². The molecule has 0 spiro atoms. The molecule has 0 aliphatic rings. The lowest BCUT2D eigenvalue weighted by Gasteiger charge is -2.16. The van der Waals surface area contributed by atoms with Crippen LogP contribution in [-0.2, 0) is 11.2 Å². The molecule has 0 aliphatic carbocycles. The number of carbonyl (C=O) groups is 1. The molecule has 1 amide bonds. The Kier molecular flexibility index (Phi) is 7.78. The summed E-state index contributed by atoms with van der Waals surface area (Å²) < 4.78 is 5.54. The topological polar surface area (TPSA) is 49.8 Å². The van der Waals surface area contributed by atoms with Crippen molar-refractivity contribution in [2.24, 2.45) is 0 Å². The normalized spacial score (nSPS) is 10.8. The second kappa shape index (κ2) is 9.85. The molecule has 0 unspecified atom stereocenters. The van der Waals surface area contributed by atoms with Crippen molar-refractivity contribution in [3.05, 3.63) is 69.7 Å². The summed E-state index contributed by atoms with van der Waals surface area (Å²) in [6.45, 7) is 8.00. The molecule has 1 N–H and O–H groups in total. The third kappa shape index (κ3) is 5.66. The lowest BCUT2D eigenvalue weighted by atomic mass is 9.96. The number of likely N-dealkylation sites (N-methyl/N-ethyl adjacent to an activating group) is 1. The van der Waals surface area contributed by atoms with E-state index in [4.69, 9.17) is 27.9 Å². The number of halogens is 2. The summed E-state index contributed by atoms with van der Waals surface area (Å²) in [6.07, 6.45) is 2.17. The van der Waals surface area contributed by atoms with Gasteiger partial charge in [-0.15, -0.1) is 6.58 Å². The molecule has 2 aromatic rings. The average molecular weight is 422 g/mol. The maximum Gasteiger partial charge on any atom is 0.260 e. The molecule has 6 heteroatoms. The van der Waals surface area contributed by atoms with E-state index in [0.29, 0.717) is 28.8 Å². The van der Waals surface area contributed by atoms with Gasteiger partial charge >= 0.3 is 0 Å². The molecular formula is C22H25Cl2NO3. The van der Waals surface area contributed by atoms with Gasteiger partial charge in [0.05, 0.1) is 0 Å². The van der Waals surface area contributed by atoms with E-state index in [1.165, 1.54) is 4.90 Å². The summed E-state index contributed by atoms with van der Waals surface area (Å²) in [5.41, 5.74) is 2.65.